The molecule has 0 radical (unpaired) electrons. The van der Waals surface area contributed by atoms with Crippen LogP contribution in [-0.2, 0) is 0 Å². The predicted molar refractivity (Wildman–Crippen MR) is 219 cm³/mol. The highest BCUT2D eigenvalue weighted by Gasteiger charge is 2.18. The first-order valence-corrected chi connectivity index (χ1v) is 17.9. The van der Waals surface area contributed by atoms with Gasteiger partial charge in [-0.05, 0) is 81.2 Å². The average Bonchev–Trinajstić information content (AvgIpc) is 3.64. The number of benzene rings is 8. The highest BCUT2D eigenvalue weighted by molar-refractivity contribution is 6.19. The maximum atomic E-state index is 6.76. The van der Waals surface area contributed by atoms with Crippen molar-refractivity contribution in [2.24, 2.45) is 0 Å². The van der Waals surface area contributed by atoms with Crippen LogP contribution in [0.15, 0.2) is 199 Å². The Morgan fingerprint density at radius 1 is 0.340 bits per heavy atom. The van der Waals surface area contributed by atoms with Crippen molar-refractivity contribution in [2.45, 2.75) is 0 Å². The fraction of sp³-hybridized carbons (Fsp3) is 0. The number of rotatable bonds is 6. The lowest BCUT2D eigenvalue weighted by atomic mass is 9.92. The molecule has 0 saturated heterocycles. The first kappa shape index (κ1) is 30.7. The first-order valence-electron chi connectivity index (χ1n) is 17.9. The molecule has 0 aliphatic rings. The molecule has 0 fully saturated rings. The second kappa shape index (κ2) is 12.9. The van der Waals surface area contributed by atoms with Crippen LogP contribution in [-0.4, -0.2) is 9.97 Å². The number of nitrogens with zero attached hydrogens (tertiary/aromatic N) is 2. The van der Waals surface area contributed by atoms with Gasteiger partial charge in [0.25, 0.3) is 0 Å². The van der Waals surface area contributed by atoms with Crippen LogP contribution in [0.5, 0.6) is 0 Å². The minimum absolute atomic E-state index is 0.693. The van der Waals surface area contributed by atoms with E-state index in [-0.39, 0.29) is 0 Å². The van der Waals surface area contributed by atoms with Gasteiger partial charge in [-0.1, -0.05) is 152 Å². The molecule has 0 unspecified atom stereocenters. The molecule has 248 valence electrons. The van der Waals surface area contributed by atoms with Crippen molar-refractivity contribution >= 4 is 32.7 Å². The van der Waals surface area contributed by atoms with E-state index in [2.05, 4.69) is 170 Å². The number of furan rings is 1. The highest BCUT2D eigenvalue weighted by atomic mass is 16.3. The van der Waals surface area contributed by atoms with Gasteiger partial charge in [-0.2, -0.15) is 0 Å². The van der Waals surface area contributed by atoms with Crippen molar-refractivity contribution in [3.05, 3.63) is 194 Å². The molecule has 2 heterocycles. The Hall–Kier alpha value is -7.10. The van der Waals surface area contributed by atoms with Crippen molar-refractivity contribution in [3.8, 4) is 67.3 Å². The quantitative estimate of drug-likeness (QED) is 0.176. The summed E-state index contributed by atoms with van der Waals surface area (Å²) in [6, 6.07) is 68.0. The third-order valence-corrected chi connectivity index (χ3v) is 10.1. The van der Waals surface area contributed by atoms with Gasteiger partial charge in [-0.3, -0.25) is 0 Å². The van der Waals surface area contributed by atoms with Gasteiger partial charge in [0.05, 0.1) is 11.4 Å². The zero-order chi connectivity index (χ0) is 35.1. The minimum Gasteiger partial charge on any atom is -0.455 e. The molecule has 0 aliphatic carbocycles. The Labute approximate surface area is 307 Å². The maximum Gasteiger partial charge on any atom is 0.160 e. The number of hydrogen-bond donors (Lipinski definition) is 0. The van der Waals surface area contributed by atoms with E-state index < -0.39 is 0 Å². The van der Waals surface area contributed by atoms with Gasteiger partial charge in [0.2, 0.25) is 0 Å². The lowest BCUT2D eigenvalue weighted by Gasteiger charge is -2.14. The van der Waals surface area contributed by atoms with Gasteiger partial charge >= 0.3 is 0 Å². The molecule has 10 aromatic rings. The van der Waals surface area contributed by atoms with Gasteiger partial charge in [0, 0.05) is 32.8 Å². The summed E-state index contributed by atoms with van der Waals surface area (Å²) in [6.45, 7) is 0. The Bertz CT molecular complexity index is 2860. The summed E-state index contributed by atoms with van der Waals surface area (Å²) in [5, 5.41) is 4.45. The van der Waals surface area contributed by atoms with Crippen LogP contribution >= 0.6 is 0 Å². The van der Waals surface area contributed by atoms with E-state index >= 15 is 0 Å². The van der Waals surface area contributed by atoms with Crippen LogP contribution in [0.2, 0.25) is 0 Å². The van der Waals surface area contributed by atoms with Crippen LogP contribution in [0.1, 0.15) is 0 Å². The average molecular weight is 677 g/mol. The topological polar surface area (TPSA) is 38.9 Å². The standard InChI is InChI=1S/C50H32N2O/c1-5-14-33(15-6-1)38-25-24-35-26-27-43-48-42(22-13-23-47(48)53-49(43)44(35)31-38)40-28-39(34-16-7-2-8-17-34)29-41(30-40)46-32-45(36-18-9-3-10-19-36)51-50(52-46)37-20-11-4-12-21-37/h1-32H. The summed E-state index contributed by atoms with van der Waals surface area (Å²) in [5.41, 5.74) is 13.3. The van der Waals surface area contributed by atoms with E-state index in [1.165, 1.54) is 11.1 Å². The summed E-state index contributed by atoms with van der Waals surface area (Å²) in [7, 11) is 0. The fourth-order valence-electron chi connectivity index (χ4n) is 7.45. The summed E-state index contributed by atoms with van der Waals surface area (Å²) in [4.78, 5) is 10.3. The van der Waals surface area contributed by atoms with Crippen LogP contribution in [0, 0.1) is 0 Å². The smallest absolute Gasteiger partial charge is 0.160 e. The summed E-state index contributed by atoms with van der Waals surface area (Å²) in [5.74, 6) is 0.693. The van der Waals surface area contributed by atoms with Gasteiger partial charge < -0.3 is 4.42 Å². The molecule has 0 atom stereocenters. The normalized spacial score (nSPS) is 11.4. The molecule has 0 aliphatic heterocycles. The van der Waals surface area contributed by atoms with E-state index in [0.717, 1.165) is 83.0 Å². The molecular weight excluding hydrogens is 645 g/mol. The molecule has 8 aromatic carbocycles. The molecule has 10 rings (SSSR count). The third kappa shape index (κ3) is 5.65. The van der Waals surface area contributed by atoms with E-state index in [0.29, 0.717) is 5.82 Å². The van der Waals surface area contributed by atoms with Crippen molar-refractivity contribution in [2.75, 3.05) is 0 Å². The lowest BCUT2D eigenvalue weighted by Crippen LogP contribution is -1.96. The summed E-state index contributed by atoms with van der Waals surface area (Å²) < 4.78 is 6.76. The van der Waals surface area contributed by atoms with Crippen molar-refractivity contribution in [1.29, 1.82) is 0 Å². The van der Waals surface area contributed by atoms with Crippen LogP contribution in [0.4, 0.5) is 0 Å². The zero-order valence-corrected chi connectivity index (χ0v) is 28.8. The Balaban J connectivity index is 1.20. The molecule has 3 heteroatoms. The molecule has 0 amide bonds. The van der Waals surface area contributed by atoms with Crippen molar-refractivity contribution < 1.29 is 4.42 Å². The Morgan fingerprint density at radius 3 is 1.60 bits per heavy atom. The van der Waals surface area contributed by atoms with Gasteiger partial charge in [-0.25, -0.2) is 9.97 Å². The SMILES string of the molecule is c1ccc(-c2cc(-c3cc(-c4ccccc4)nc(-c4ccccc4)n3)cc(-c3cccc4oc5c6cc(-c7ccccc7)ccc6ccc5c34)c2)cc1. The second-order valence-electron chi connectivity index (χ2n) is 13.4. The lowest BCUT2D eigenvalue weighted by molar-refractivity contribution is 0.673. The molecule has 0 spiro atoms. The van der Waals surface area contributed by atoms with E-state index in [1.807, 2.05) is 24.3 Å². The summed E-state index contributed by atoms with van der Waals surface area (Å²) >= 11 is 0. The minimum atomic E-state index is 0.693. The first-order chi connectivity index (χ1) is 26.2. The van der Waals surface area contributed by atoms with Crippen LogP contribution in [0.3, 0.4) is 0 Å². The van der Waals surface area contributed by atoms with E-state index in [9.17, 15) is 0 Å². The molecule has 2 aromatic heterocycles. The molecule has 0 bridgehead atoms. The highest BCUT2D eigenvalue weighted by Crippen LogP contribution is 2.42. The second-order valence-corrected chi connectivity index (χ2v) is 13.4. The van der Waals surface area contributed by atoms with Gasteiger partial charge in [0.1, 0.15) is 11.2 Å². The van der Waals surface area contributed by atoms with Gasteiger partial charge in [-0.15, -0.1) is 0 Å². The molecule has 0 N–H and O–H groups in total. The molecule has 3 nitrogen and oxygen atoms in total. The fourth-order valence-corrected chi connectivity index (χ4v) is 7.45. The Kier molecular flexibility index (Phi) is 7.47. The van der Waals surface area contributed by atoms with Crippen LogP contribution in [0.25, 0.3) is 100.0 Å². The molecule has 0 saturated carbocycles. The molecule has 53 heavy (non-hydrogen) atoms. The number of fused-ring (bicyclic) bond motifs is 5. The monoisotopic (exact) mass is 676 g/mol. The third-order valence-electron chi connectivity index (χ3n) is 10.1. The summed E-state index contributed by atoms with van der Waals surface area (Å²) in [6.07, 6.45) is 0. The molecular formula is C50H32N2O. The van der Waals surface area contributed by atoms with Crippen molar-refractivity contribution in [1.82, 2.24) is 9.97 Å². The number of aromatic nitrogens is 2. The Morgan fingerprint density at radius 2 is 0.906 bits per heavy atom. The largest absolute Gasteiger partial charge is 0.455 e. The number of hydrogen-bond acceptors (Lipinski definition) is 3. The van der Waals surface area contributed by atoms with E-state index in [1.54, 1.807) is 0 Å². The van der Waals surface area contributed by atoms with Gasteiger partial charge in [0.15, 0.2) is 5.82 Å². The van der Waals surface area contributed by atoms with Crippen molar-refractivity contribution in [3.63, 3.8) is 0 Å². The maximum absolute atomic E-state index is 6.76. The van der Waals surface area contributed by atoms with E-state index in [4.69, 9.17) is 14.4 Å². The van der Waals surface area contributed by atoms with Crippen LogP contribution < -0.4 is 0 Å². The zero-order valence-electron chi connectivity index (χ0n) is 28.8. The predicted octanol–water partition coefficient (Wildman–Crippen LogP) is 13.5.